The normalized spacial score (nSPS) is 15.0. The van der Waals surface area contributed by atoms with E-state index in [9.17, 15) is 4.79 Å². The van der Waals surface area contributed by atoms with Gasteiger partial charge in [-0.2, -0.15) is 5.10 Å². The second-order valence-electron chi connectivity index (χ2n) is 8.10. The number of fused-ring (bicyclic) bond motifs is 1. The molecule has 2 aromatic rings. The summed E-state index contributed by atoms with van der Waals surface area (Å²) in [5, 5.41) is 7.64. The maximum Gasteiger partial charge on any atom is 0.223 e. The summed E-state index contributed by atoms with van der Waals surface area (Å²) in [5.41, 5.74) is 16.3. The molecule has 1 saturated carbocycles. The second-order valence-corrected chi connectivity index (χ2v) is 8.10. The molecule has 0 aromatic carbocycles. The Morgan fingerprint density at radius 1 is 1.32 bits per heavy atom. The lowest BCUT2D eigenvalue weighted by Crippen LogP contribution is -2.26. The number of nitrogens with two attached hydrogens (primary N) is 2. The fourth-order valence-electron chi connectivity index (χ4n) is 3.24. The Morgan fingerprint density at radius 2 is 2.12 bits per heavy atom. The van der Waals surface area contributed by atoms with Crippen molar-refractivity contribution in [3.63, 3.8) is 0 Å². The Balaban J connectivity index is 1.70. The first-order valence-corrected chi connectivity index (χ1v) is 11.2. The van der Waals surface area contributed by atoms with Gasteiger partial charge in [-0.3, -0.25) is 4.79 Å². The van der Waals surface area contributed by atoms with Gasteiger partial charge in [0.1, 0.15) is 0 Å². The Kier molecular flexibility index (Phi) is 8.45. The topological polar surface area (TPSA) is 121 Å². The minimum absolute atomic E-state index is 0.133. The van der Waals surface area contributed by atoms with Crippen molar-refractivity contribution in [2.75, 3.05) is 13.2 Å². The summed E-state index contributed by atoms with van der Waals surface area (Å²) in [6, 6.07) is 3.75. The maximum atomic E-state index is 11.6. The first-order chi connectivity index (χ1) is 16.4. The highest BCUT2D eigenvalue weighted by molar-refractivity contribution is 5.80. The smallest absolute Gasteiger partial charge is 0.223 e. The Bertz CT molecular complexity index is 1180. The number of aromatic nitrogens is 3. The third-order valence-electron chi connectivity index (χ3n) is 5.12. The van der Waals surface area contributed by atoms with Gasteiger partial charge >= 0.3 is 0 Å². The van der Waals surface area contributed by atoms with Gasteiger partial charge in [-0.05, 0) is 62.7 Å². The van der Waals surface area contributed by atoms with Crippen LogP contribution in [0, 0.1) is 5.92 Å². The van der Waals surface area contributed by atoms with E-state index < -0.39 is 0 Å². The zero-order chi connectivity index (χ0) is 24.5. The summed E-state index contributed by atoms with van der Waals surface area (Å²) in [6.45, 7) is 10.7. The quantitative estimate of drug-likeness (QED) is 0.253. The number of hydrogen-bond donors (Lipinski definition) is 3. The van der Waals surface area contributed by atoms with Gasteiger partial charge in [0.15, 0.2) is 11.5 Å². The number of hydrogen-bond acceptors (Lipinski definition) is 6. The number of amides is 1. The minimum atomic E-state index is 0.133. The number of nitrogens with zero attached hydrogens (tertiary/aromatic N) is 3. The largest absolute Gasteiger partial charge is 0.479 e. The van der Waals surface area contributed by atoms with Gasteiger partial charge in [0, 0.05) is 23.6 Å². The molecule has 0 spiro atoms. The van der Waals surface area contributed by atoms with E-state index in [2.05, 4.69) is 23.5 Å². The molecule has 8 nitrogen and oxygen atoms in total. The van der Waals surface area contributed by atoms with Crippen molar-refractivity contribution >= 4 is 22.7 Å². The summed E-state index contributed by atoms with van der Waals surface area (Å²) < 4.78 is 7.29. The van der Waals surface area contributed by atoms with Crippen LogP contribution < -0.4 is 16.8 Å². The molecule has 0 radical (unpaired) electrons. The molecule has 0 saturated heterocycles. The summed E-state index contributed by atoms with van der Waals surface area (Å²) in [5.74, 6) is 0.622. The van der Waals surface area contributed by atoms with E-state index in [-0.39, 0.29) is 17.7 Å². The fourth-order valence-corrected chi connectivity index (χ4v) is 3.24. The molecule has 3 rings (SSSR count). The average Bonchev–Trinajstić information content (AvgIpc) is 3.58. The first kappa shape index (κ1) is 24.6. The van der Waals surface area contributed by atoms with Crippen LogP contribution in [0.4, 0.5) is 0 Å². The van der Waals surface area contributed by atoms with Gasteiger partial charge < -0.3 is 21.5 Å². The van der Waals surface area contributed by atoms with Gasteiger partial charge in [0.05, 0.1) is 24.2 Å². The predicted octanol–water partition coefficient (Wildman–Crippen LogP) is 3.46. The molecule has 1 fully saturated rings. The maximum absolute atomic E-state index is 11.6. The van der Waals surface area contributed by atoms with Crippen LogP contribution in [0.25, 0.3) is 16.8 Å². The molecule has 0 aliphatic heterocycles. The fraction of sp³-hybridized carbons (Fsp3) is 0.269. The molecule has 0 atom stereocenters. The highest BCUT2D eigenvalue weighted by Gasteiger charge is 2.28. The van der Waals surface area contributed by atoms with Crippen LogP contribution >= 0.6 is 0 Å². The van der Waals surface area contributed by atoms with Crippen molar-refractivity contribution in [2.45, 2.75) is 26.2 Å². The molecule has 5 N–H and O–H groups in total. The lowest BCUT2D eigenvalue weighted by atomic mass is 10.1. The standard InChI is InChI=1S/C26H32N6O2/c1-4-19(8-10-24(28)34-15-5-14-29-26(33)20-6-7-20)22-9-11-25-30-17-23(32(25)31-22)21(12-13-27)16-18(2)3/h4,8-13,16-17,20H,1-2,5-7,14-15,27-28H2,3H3,(H,29,33)/b13-12-,19-8+,21-16+,24-10+. The molecule has 2 heterocycles. The average molecular weight is 461 g/mol. The number of imidazole rings is 1. The van der Waals surface area contributed by atoms with E-state index in [0.29, 0.717) is 30.9 Å². The van der Waals surface area contributed by atoms with Crippen molar-refractivity contribution in [3.05, 3.63) is 90.9 Å². The predicted molar refractivity (Wildman–Crippen MR) is 136 cm³/mol. The Hall–Kier alpha value is -4.07. The SMILES string of the molecule is C=C/C(=C\C=C(/N)OCCCNC(=O)C1CC1)c1ccc2ncc(C(/C=C\N)=C/C(=C)C)n2n1. The van der Waals surface area contributed by atoms with E-state index in [1.807, 2.05) is 25.1 Å². The number of ether oxygens (including phenoxy) is 1. The lowest BCUT2D eigenvalue weighted by Gasteiger charge is -2.07. The van der Waals surface area contributed by atoms with Crippen molar-refractivity contribution in [2.24, 2.45) is 17.4 Å². The van der Waals surface area contributed by atoms with Crippen LogP contribution in [0.15, 0.2) is 79.5 Å². The van der Waals surface area contributed by atoms with Crippen molar-refractivity contribution in [3.8, 4) is 0 Å². The third-order valence-corrected chi connectivity index (χ3v) is 5.12. The summed E-state index contributed by atoms with van der Waals surface area (Å²) in [4.78, 5) is 16.1. The highest BCUT2D eigenvalue weighted by Crippen LogP contribution is 2.28. The molecule has 1 aliphatic rings. The van der Waals surface area contributed by atoms with Crippen LogP contribution in [0.5, 0.6) is 0 Å². The van der Waals surface area contributed by atoms with Crippen LogP contribution in [-0.2, 0) is 9.53 Å². The molecular weight excluding hydrogens is 428 g/mol. The summed E-state index contributed by atoms with van der Waals surface area (Å²) >= 11 is 0. The van der Waals surface area contributed by atoms with E-state index in [1.54, 1.807) is 35.0 Å². The van der Waals surface area contributed by atoms with Gasteiger partial charge in [0.2, 0.25) is 5.91 Å². The van der Waals surface area contributed by atoms with E-state index in [0.717, 1.165) is 35.3 Å². The highest BCUT2D eigenvalue weighted by atomic mass is 16.5. The number of rotatable bonds is 12. The second kappa shape index (κ2) is 11.7. The molecule has 8 heteroatoms. The number of carbonyl (C=O) groups excluding carboxylic acids is 1. The summed E-state index contributed by atoms with van der Waals surface area (Å²) in [7, 11) is 0. The van der Waals surface area contributed by atoms with Crippen molar-refractivity contribution in [1.82, 2.24) is 19.9 Å². The van der Waals surface area contributed by atoms with Crippen LogP contribution in [-0.4, -0.2) is 33.7 Å². The van der Waals surface area contributed by atoms with Gasteiger partial charge in [-0.1, -0.05) is 30.9 Å². The molecule has 0 unspecified atom stereocenters. The van der Waals surface area contributed by atoms with E-state index in [4.69, 9.17) is 21.3 Å². The minimum Gasteiger partial charge on any atom is -0.479 e. The number of carbonyl (C=O) groups is 1. The molecular formula is C26H32N6O2. The zero-order valence-electron chi connectivity index (χ0n) is 19.5. The monoisotopic (exact) mass is 460 g/mol. The van der Waals surface area contributed by atoms with E-state index in [1.165, 1.54) is 6.20 Å². The van der Waals surface area contributed by atoms with Crippen molar-refractivity contribution in [1.29, 1.82) is 0 Å². The number of nitrogens with one attached hydrogen (secondary N) is 1. The van der Waals surface area contributed by atoms with Gasteiger partial charge in [-0.25, -0.2) is 9.50 Å². The Labute approximate surface area is 200 Å². The number of allylic oxidation sites excluding steroid dienone is 8. The summed E-state index contributed by atoms with van der Waals surface area (Å²) in [6.07, 6.45) is 14.8. The van der Waals surface area contributed by atoms with Crippen LogP contribution in [0.3, 0.4) is 0 Å². The molecule has 1 aliphatic carbocycles. The first-order valence-electron chi connectivity index (χ1n) is 11.2. The van der Waals surface area contributed by atoms with E-state index >= 15 is 0 Å². The molecule has 2 aromatic heterocycles. The van der Waals surface area contributed by atoms with Gasteiger partial charge in [0.25, 0.3) is 0 Å². The molecule has 178 valence electrons. The zero-order valence-corrected chi connectivity index (χ0v) is 19.5. The Morgan fingerprint density at radius 3 is 2.79 bits per heavy atom. The molecule has 1 amide bonds. The lowest BCUT2D eigenvalue weighted by molar-refractivity contribution is -0.122. The molecule has 34 heavy (non-hydrogen) atoms. The third kappa shape index (κ3) is 6.71. The van der Waals surface area contributed by atoms with Crippen LogP contribution in [0.1, 0.15) is 37.6 Å². The van der Waals surface area contributed by atoms with Gasteiger partial charge in [-0.15, -0.1) is 0 Å². The van der Waals surface area contributed by atoms with Crippen molar-refractivity contribution < 1.29 is 9.53 Å². The molecule has 0 bridgehead atoms. The van der Waals surface area contributed by atoms with Crippen LogP contribution in [0.2, 0.25) is 0 Å².